The van der Waals surface area contributed by atoms with E-state index < -0.39 is 0 Å². The van der Waals surface area contributed by atoms with E-state index in [0.717, 1.165) is 0 Å². The molecule has 0 aromatic heterocycles. The van der Waals surface area contributed by atoms with E-state index in [1.807, 2.05) is 0 Å². The van der Waals surface area contributed by atoms with E-state index in [4.69, 9.17) is 0 Å². The maximum absolute atomic E-state index is 9.58. The van der Waals surface area contributed by atoms with Crippen LogP contribution < -0.4 is 0 Å². The Morgan fingerprint density at radius 3 is 1.71 bits per heavy atom. The van der Waals surface area contributed by atoms with Gasteiger partial charge in [0.2, 0.25) is 0 Å². The molecule has 0 amide bonds. The van der Waals surface area contributed by atoms with Crippen molar-refractivity contribution in [2.75, 3.05) is 26.4 Å². The van der Waals surface area contributed by atoms with Crippen molar-refractivity contribution in [1.82, 2.24) is 0 Å². The molecule has 0 heterocycles. The normalized spacial score (nSPS) is 9.43. The van der Waals surface area contributed by atoms with Crippen LogP contribution in [0.25, 0.3) is 0 Å². The van der Waals surface area contributed by atoms with Crippen molar-refractivity contribution in [3.63, 3.8) is 0 Å². The van der Waals surface area contributed by atoms with Gasteiger partial charge in [0.15, 0.2) is 0 Å². The molecular formula is C4H8O3. The zero-order valence-corrected chi connectivity index (χ0v) is 4.05. The van der Waals surface area contributed by atoms with Gasteiger partial charge in [-0.3, -0.25) is 0 Å². The first-order valence-electron chi connectivity index (χ1n) is 2.15. The summed E-state index contributed by atoms with van der Waals surface area (Å²) in [6.07, 6.45) is 0. The van der Waals surface area contributed by atoms with E-state index in [-0.39, 0.29) is 26.4 Å². The Bertz CT molecular complexity index is 26.1. The fourth-order valence-corrected chi connectivity index (χ4v) is 0.220. The molecule has 0 aliphatic carbocycles. The van der Waals surface area contributed by atoms with Gasteiger partial charge in [-0.05, 0) is 0 Å². The third kappa shape index (κ3) is 5.88. The molecule has 0 aromatic carbocycles. The third-order valence-electron chi connectivity index (χ3n) is 0.455. The van der Waals surface area contributed by atoms with E-state index in [1.54, 1.807) is 0 Å². The molecule has 0 saturated heterocycles. The van der Waals surface area contributed by atoms with Crippen molar-refractivity contribution >= 4 is 0 Å². The molecule has 0 saturated carbocycles. The summed E-state index contributed by atoms with van der Waals surface area (Å²) in [5.41, 5.74) is 0. The van der Waals surface area contributed by atoms with Gasteiger partial charge in [0, 0.05) is 0 Å². The van der Waals surface area contributed by atoms with Gasteiger partial charge in [0.05, 0.1) is 13.2 Å². The summed E-state index contributed by atoms with van der Waals surface area (Å²) in [5, 5.41) is 19.2. The second-order valence-electron chi connectivity index (χ2n) is 1.02. The maximum atomic E-state index is 9.58. The highest BCUT2D eigenvalue weighted by molar-refractivity contribution is 4.23. The third-order valence-corrected chi connectivity index (χ3v) is 0.455. The first-order valence-corrected chi connectivity index (χ1v) is 2.15. The first kappa shape index (κ1) is 6.88. The van der Waals surface area contributed by atoms with Gasteiger partial charge in [0.25, 0.3) is 0 Å². The molecule has 0 fully saturated rings. The first-order chi connectivity index (χ1) is 3.41. The Hall–Kier alpha value is -0.120. The Balaban J connectivity index is 2.45. The zero-order valence-electron chi connectivity index (χ0n) is 4.05. The molecular weight excluding hydrogens is 96.0 g/mol. The summed E-state index contributed by atoms with van der Waals surface area (Å²) in [4.78, 5) is 0. The van der Waals surface area contributed by atoms with Gasteiger partial charge in [-0.1, -0.05) is 0 Å². The van der Waals surface area contributed by atoms with Gasteiger partial charge < -0.3 is 4.74 Å². The fraction of sp³-hybridized carbons (Fsp3) is 1.00. The van der Waals surface area contributed by atoms with Crippen molar-refractivity contribution in [1.29, 1.82) is 0 Å². The monoisotopic (exact) mass is 104 g/mol. The highest BCUT2D eigenvalue weighted by Gasteiger charge is 1.81. The molecule has 0 aromatic rings. The molecule has 0 spiro atoms. The highest BCUT2D eigenvalue weighted by atomic mass is 16.5. The summed E-state index contributed by atoms with van der Waals surface area (Å²) < 4.78 is 4.51. The van der Waals surface area contributed by atoms with E-state index in [1.165, 1.54) is 0 Å². The van der Waals surface area contributed by atoms with Crippen LogP contribution in [0.1, 0.15) is 0 Å². The Labute approximate surface area is 42.5 Å². The average Bonchev–Trinajstić information content (AvgIpc) is 1.69. The van der Waals surface area contributed by atoms with Gasteiger partial charge in [-0.15, -0.1) is 0 Å². The van der Waals surface area contributed by atoms with E-state index in [9.17, 15) is 10.2 Å². The zero-order chi connectivity index (χ0) is 5.54. The van der Waals surface area contributed by atoms with Crippen LogP contribution >= 0.6 is 0 Å². The van der Waals surface area contributed by atoms with Crippen molar-refractivity contribution < 1.29 is 14.9 Å². The minimum atomic E-state index is -0.250. The van der Waals surface area contributed by atoms with Crippen LogP contribution in [-0.2, 0) is 14.9 Å². The molecule has 0 rings (SSSR count). The number of hydrogen-bond donors (Lipinski definition) is 0. The standard InChI is InChI=1S/C4H8O3/c5-1-3-7-4-2-6/h1-4H2. The Morgan fingerprint density at radius 2 is 1.43 bits per heavy atom. The van der Waals surface area contributed by atoms with E-state index >= 15 is 0 Å². The van der Waals surface area contributed by atoms with Gasteiger partial charge in [0.1, 0.15) is 13.2 Å². The predicted octanol–water partition coefficient (Wildman–Crippen LogP) is -0.136. The fourth-order valence-electron chi connectivity index (χ4n) is 0.220. The molecule has 2 radical (unpaired) electrons. The van der Waals surface area contributed by atoms with Crippen molar-refractivity contribution in [2.45, 2.75) is 0 Å². The molecule has 0 N–H and O–H groups in total. The van der Waals surface area contributed by atoms with Crippen LogP contribution in [0, 0.1) is 0 Å². The number of hydrogen-bond acceptors (Lipinski definition) is 1. The Kier molecular flexibility index (Phi) is 5.78. The predicted molar refractivity (Wildman–Crippen MR) is 21.9 cm³/mol. The minimum Gasteiger partial charge on any atom is -0.376 e. The lowest BCUT2D eigenvalue weighted by Crippen LogP contribution is -2.01. The lowest BCUT2D eigenvalue weighted by atomic mass is 10.7. The quantitative estimate of drug-likeness (QED) is 0.458. The largest absolute Gasteiger partial charge is 0.376 e. The molecule has 7 heavy (non-hydrogen) atoms. The summed E-state index contributed by atoms with van der Waals surface area (Å²) in [5.74, 6) is 0. The lowest BCUT2D eigenvalue weighted by Gasteiger charge is -1.92. The second kappa shape index (κ2) is 5.88. The number of ether oxygens (including phenoxy) is 1. The van der Waals surface area contributed by atoms with Crippen LogP contribution in [0.3, 0.4) is 0 Å². The summed E-state index contributed by atoms with van der Waals surface area (Å²) >= 11 is 0. The lowest BCUT2D eigenvalue weighted by molar-refractivity contribution is 0.0294. The Morgan fingerprint density at radius 1 is 1.00 bits per heavy atom. The molecule has 3 heteroatoms. The van der Waals surface area contributed by atoms with Crippen molar-refractivity contribution in [3.8, 4) is 0 Å². The van der Waals surface area contributed by atoms with Crippen molar-refractivity contribution in [3.05, 3.63) is 0 Å². The van der Waals surface area contributed by atoms with Gasteiger partial charge >= 0.3 is 0 Å². The summed E-state index contributed by atoms with van der Waals surface area (Å²) in [6.45, 7) is -0.162. The second-order valence-corrected chi connectivity index (χ2v) is 1.02. The minimum absolute atomic E-state index is 0.169. The molecule has 0 bridgehead atoms. The van der Waals surface area contributed by atoms with Crippen LogP contribution in [0.15, 0.2) is 0 Å². The SMILES string of the molecule is [O]CCOCC[O]. The smallest absolute Gasteiger partial charge is 0.106 e. The topological polar surface area (TPSA) is 49.0 Å². The molecule has 0 atom stereocenters. The number of rotatable bonds is 4. The van der Waals surface area contributed by atoms with Crippen LogP contribution in [-0.4, -0.2) is 26.4 Å². The van der Waals surface area contributed by atoms with E-state index in [2.05, 4.69) is 4.74 Å². The van der Waals surface area contributed by atoms with Crippen molar-refractivity contribution in [2.24, 2.45) is 0 Å². The highest BCUT2D eigenvalue weighted by Crippen LogP contribution is 1.69. The average molecular weight is 104 g/mol. The molecule has 42 valence electrons. The molecule has 0 aliphatic heterocycles. The molecule has 0 aliphatic rings. The van der Waals surface area contributed by atoms with Crippen LogP contribution in [0.2, 0.25) is 0 Å². The van der Waals surface area contributed by atoms with Gasteiger partial charge in [-0.2, -0.15) is 0 Å². The van der Waals surface area contributed by atoms with Crippen LogP contribution in [0.4, 0.5) is 0 Å². The van der Waals surface area contributed by atoms with E-state index in [0.29, 0.717) is 0 Å². The summed E-state index contributed by atoms with van der Waals surface area (Å²) in [7, 11) is 0. The molecule has 3 nitrogen and oxygen atoms in total. The molecule has 0 unspecified atom stereocenters. The summed E-state index contributed by atoms with van der Waals surface area (Å²) in [6, 6.07) is 0. The van der Waals surface area contributed by atoms with Gasteiger partial charge in [-0.25, -0.2) is 10.2 Å². The maximum Gasteiger partial charge on any atom is 0.106 e. The van der Waals surface area contributed by atoms with Crippen LogP contribution in [0.5, 0.6) is 0 Å².